The summed E-state index contributed by atoms with van der Waals surface area (Å²) in [5.74, 6) is 4.43. The summed E-state index contributed by atoms with van der Waals surface area (Å²) in [4.78, 5) is 17.5. The highest BCUT2D eigenvalue weighted by Gasteiger charge is 2.11. The standard InChI is InChI=1S/C13H15FN4OS/c1-18(6-9-2-4-10(14)5-3-9)7-11-8-20-13(16-11)12(19)17-15/h2-5,8H,6-7,15H2,1H3,(H,17,19). The van der Waals surface area contributed by atoms with E-state index in [-0.39, 0.29) is 11.7 Å². The van der Waals surface area contributed by atoms with E-state index >= 15 is 0 Å². The number of nitrogen functional groups attached to an aromatic ring is 1. The number of hydrogen-bond donors (Lipinski definition) is 2. The Morgan fingerprint density at radius 2 is 2.10 bits per heavy atom. The smallest absolute Gasteiger partial charge is 0.294 e. The molecule has 0 saturated carbocycles. The Kier molecular flexibility index (Phi) is 4.78. The van der Waals surface area contributed by atoms with E-state index in [1.54, 1.807) is 12.1 Å². The lowest BCUT2D eigenvalue weighted by atomic mass is 10.2. The molecule has 0 spiro atoms. The molecule has 0 atom stereocenters. The summed E-state index contributed by atoms with van der Waals surface area (Å²) < 4.78 is 12.8. The number of aromatic nitrogens is 1. The fourth-order valence-electron chi connectivity index (χ4n) is 1.78. The first kappa shape index (κ1) is 14.6. The highest BCUT2D eigenvalue weighted by atomic mass is 32.1. The number of nitrogens with two attached hydrogens (primary N) is 1. The van der Waals surface area contributed by atoms with Crippen molar-refractivity contribution in [3.63, 3.8) is 0 Å². The number of amides is 1. The molecule has 0 aliphatic rings. The predicted octanol–water partition coefficient (Wildman–Crippen LogP) is 1.52. The van der Waals surface area contributed by atoms with E-state index in [1.807, 2.05) is 17.3 Å². The topological polar surface area (TPSA) is 71.2 Å². The van der Waals surface area contributed by atoms with E-state index in [0.717, 1.165) is 11.3 Å². The van der Waals surface area contributed by atoms with Gasteiger partial charge >= 0.3 is 0 Å². The zero-order valence-electron chi connectivity index (χ0n) is 11.0. The van der Waals surface area contributed by atoms with Gasteiger partial charge in [-0.2, -0.15) is 0 Å². The number of halogens is 1. The summed E-state index contributed by atoms with van der Waals surface area (Å²) in [7, 11) is 1.94. The fourth-order valence-corrected chi connectivity index (χ4v) is 2.49. The van der Waals surface area contributed by atoms with Crippen molar-refractivity contribution >= 4 is 17.2 Å². The Morgan fingerprint density at radius 3 is 2.75 bits per heavy atom. The largest absolute Gasteiger partial charge is 0.296 e. The monoisotopic (exact) mass is 294 g/mol. The van der Waals surface area contributed by atoms with Crippen LogP contribution in [0.15, 0.2) is 29.6 Å². The highest BCUT2D eigenvalue weighted by Crippen LogP contribution is 2.13. The zero-order valence-corrected chi connectivity index (χ0v) is 11.8. The van der Waals surface area contributed by atoms with Gasteiger partial charge in [0.2, 0.25) is 0 Å². The van der Waals surface area contributed by atoms with Crippen LogP contribution in [0.3, 0.4) is 0 Å². The molecule has 1 heterocycles. The van der Waals surface area contributed by atoms with Gasteiger partial charge in [0.1, 0.15) is 5.82 Å². The fraction of sp³-hybridized carbons (Fsp3) is 0.231. The molecule has 0 unspecified atom stereocenters. The molecule has 7 heteroatoms. The molecule has 2 aromatic rings. The van der Waals surface area contributed by atoms with Crippen LogP contribution in [0.2, 0.25) is 0 Å². The van der Waals surface area contributed by atoms with Crippen LogP contribution in [0.25, 0.3) is 0 Å². The van der Waals surface area contributed by atoms with Crippen LogP contribution in [0.5, 0.6) is 0 Å². The molecular formula is C13H15FN4OS. The van der Waals surface area contributed by atoms with Gasteiger partial charge in [-0.1, -0.05) is 12.1 Å². The molecule has 3 N–H and O–H groups in total. The summed E-state index contributed by atoms with van der Waals surface area (Å²) in [6.07, 6.45) is 0. The van der Waals surface area contributed by atoms with Crippen molar-refractivity contribution in [2.24, 2.45) is 5.84 Å². The molecule has 0 bridgehead atoms. The number of benzene rings is 1. The predicted molar refractivity (Wildman–Crippen MR) is 75.3 cm³/mol. The zero-order chi connectivity index (χ0) is 14.5. The van der Waals surface area contributed by atoms with Gasteiger partial charge in [-0.15, -0.1) is 11.3 Å². The normalized spacial score (nSPS) is 10.8. The lowest BCUT2D eigenvalue weighted by Gasteiger charge is -2.15. The van der Waals surface area contributed by atoms with Gasteiger partial charge in [0, 0.05) is 18.5 Å². The average molecular weight is 294 g/mol. The van der Waals surface area contributed by atoms with E-state index in [2.05, 4.69) is 10.4 Å². The first-order valence-electron chi connectivity index (χ1n) is 5.97. The van der Waals surface area contributed by atoms with Gasteiger partial charge in [0.05, 0.1) is 5.69 Å². The molecule has 2 rings (SSSR count). The van der Waals surface area contributed by atoms with Gasteiger partial charge in [0.15, 0.2) is 5.01 Å². The Labute approximate surface area is 120 Å². The van der Waals surface area contributed by atoms with Crippen LogP contribution in [0.4, 0.5) is 4.39 Å². The van der Waals surface area contributed by atoms with E-state index in [9.17, 15) is 9.18 Å². The summed E-state index contributed by atoms with van der Waals surface area (Å²) in [6, 6.07) is 6.38. The van der Waals surface area contributed by atoms with E-state index in [4.69, 9.17) is 5.84 Å². The number of nitrogens with one attached hydrogen (secondary N) is 1. The Bertz CT molecular complexity index is 584. The maximum Gasteiger partial charge on any atom is 0.294 e. The molecule has 20 heavy (non-hydrogen) atoms. The minimum absolute atomic E-state index is 0.242. The molecular weight excluding hydrogens is 279 g/mol. The number of carbonyl (C=O) groups excluding carboxylic acids is 1. The molecule has 0 saturated heterocycles. The minimum atomic E-state index is -0.387. The third kappa shape index (κ3) is 3.83. The number of hydrogen-bond acceptors (Lipinski definition) is 5. The number of rotatable bonds is 5. The maximum absolute atomic E-state index is 12.8. The van der Waals surface area contributed by atoms with Crippen LogP contribution >= 0.6 is 11.3 Å². The summed E-state index contributed by atoms with van der Waals surface area (Å²) >= 11 is 1.25. The first-order chi connectivity index (χ1) is 9.58. The lowest BCUT2D eigenvalue weighted by Crippen LogP contribution is -2.29. The van der Waals surface area contributed by atoms with Crippen LogP contribution in [0, 0.1) is 5.82 Å². The lowest BCUT2D eigenvalue weighted by molar-refractivity contribution is 0.0953. The summed E-state index contributed by atoms with van der Waals surface area (Å²) in [5.41, 5.74) is 3.87. The van der Waals surface area contributed by atoms with Crippen LogP contribution < -0.4 is 11.3 Å². The van der Waals surface area contributed by atoms with Crippen LogP contribution in [-0.2, 0) is 13.1 Å². The van der Waals surface area contributed by atoms with Crippen LogP contribution in [0.1, 0.15) is 21.1 Å². The van der Waals surface area contributed by atoms with Crippen LogP contribution in [-0.4, -0.2) is 22.8 Å². The van der Waals surface area contributed by atoms with Gasteiger partial charge < -0.3 is 0 Å². The molecule has 5 nitrogen and oxygen atoms in total. The van der Waals surface area contributed by atoms with Crippen molar-refractivity contribution in [3.05, 3.63) is 51.7 Å². The second kappa shape index (κ2) is 6.56. The maximum atomic E-state index is 12.8. The van der Waals surface area contributed by atoms with Crippen molar-refractivity contribution in [3.8, 4) is 0 Å². The van der Waals surface area contributed by atoms with E-state index in [0.29, 0.717) is 18.1 Å². The Balaban J connectivity index is 1.94. The van der Waals surface area contributed by atoms with E-state index < -0.39 is 0 Å². The van der Waals surface area contributed by atoms with Gasteiger partial charge in [-0.25, -0.2) is 15.2 Å². The van der Waals surface area contributed by atoms with E-state index in [1.165, 1.54) is 23.5 Å². The minimum Gasteiger partial charge on any atom is -0.296 e. The molecule has 1 amide bonds. The van der Waals surface area contributed by atoms with Crippen molar-refractivity contribution in [1.82, 2.24) is 15.3 Å². The third-order valence-corrected chi connectivity index (χ3v) is 3.56. The van der Waals surface area contributed by atoms with Gasteiger partial charge in [0.25, 0.3) is 5.91 Å². The highest BCUT2D eigenvalue weighted by molar-refractivity contribution is 7.11. The third-order valence-electron chi connectivity index (χ3n) is 2.67. The SMILES string of the molecule is CN(Cc1ccc(F)cc1)Cc1csc(C(=O)NN)n1. The Morgan fingerprint density at radius 1 is 1.40 bits per heavy atom. The summed E-state index contributed by atoms with van der Waals surface area (Å²) in [5, 5.41) is 2.17. The Hall–Kier alpha value is -1.83. The number of carbonyl (C=O) groups is 1. The number of nitrogens with zero attached hydrogens (tertiary/aromatic N) is 2. The molecule has 0 aliphatic carbocycles. The molecule has 0 aliphatic heterocycles. The van der Waals surface area contributed by atoms with Crippen molar-refractivity contribution in [1.29, 1.82) is 0 Å². The second-order valence-electron chi connectivity index (χ2n) is 4.42. The molecule has 0 radical (unpaired) electrons. The van der Waals surface area contributed by atoms with Crippen molar-refractivity contribution < 1.29 is 9.18 Å². The van der Waals surface area contributed by atoms with Gasteiger partial charge in [-0.3, -0.25) is 15.1 Å². The van der Waals surface area contributed by atoms with Gasteiger partial charge in [-0.05, 0) is 24.7 Å². The second-order valence-corrected chi connectivity index (χ2v) is 5.27. The molecule has 1 aromatic heterocycles. The number of hydrazine groups is 1. The first-order valence-corrected chi connectivity index (χ1v) is 6.85. The molecule has 106 valence electrons. The quantitative estimate of drug-likeness (QED) is 0.498. The van der Waals surface area contributed by atoms with Crippen molar-refractivity contribution in [2.45, 2.75) is 13.1 Å². The molecule has 0 fully saturated rings. The van der Waals surface area contributed by atoms with Crippen molar-refractivity contribution in [2.75, 3.05) is 7.05 Å². The summed E-state index contributed by atoms with van der Waals surface area (Å²) in [6.45, 7) is 1.28. The number of thiazole rings is 1. The molecule has 1 aromatic carbocycles. The average Bonchev–Trinajstić information content (AvgIpc) is 2.89.